The molecule has 0 fully saturated rings. The first-order valence-corrected chi connectivity index (χ1v) is 9.64. The Bertz CT molecular complexity index is 1100. The van der Waals surface area contributed by atoms with Gasteiger partial charge in [-0.25, -0.2) is 4.79 Å². The third kappa shape index (κ3) is 3.13. The van der Waals surface area contributed by atoms with E-state index in [-0.39, 0.29) is 11.6 Å². The average Bonchev–Trinajstić information content (AvgIpc) is 3.23. The SMILES string of the molecule is COc1ccccc1/C=C1/Sc2scc(-c3cccc([N+](=O)[O-])c3)[n+]2C1=O. The van der Waals surface area contributed by atoms with Gasteiger partial charge in [-0.2, -0.15) is 0 Å². The highest BCUT2D eigenvalue weighted by molar-refractivity contribution is 8.05. The van der Waals surface area contributed by atoms with E-state index in [1.165, 1.54) is 35.2 Å². The van der Waals surface area contributed by atoms with Crippen molar-refractivity contribution in [2.75, 3.05) is 7.11 Å². The van der Waals surface area contributed by atoms with E-state index in [0.717, 1.165) is 9.90 Å². The van der Waals surface area contributed by atoms with Crippen LogP contribution in [0.25, 0.3) is 17.3 Å². The lowest BCUT2D eigenvalue weighted by atomic mass is 10.1. The molecule has 0 spiro atoms. The molecule has 6 nitrogen and oxygen atoms in total. The van der Waals surface area contributed by atoms with Crippen molar-refractivity contribution < 1.29 is 19.0 Å². The van der Waals surface area contributed by atoms with Crippen molar-refractivity contribution in [2.24, 2.45) is 0 Å². The van der Waals surface area contributed by atoms with Crippen molar-refractivity contribution in [3.05, 3.63) is 74.5 Å². The minimum atomic E-state index is -0.440. The van der Waals surface area contributed by atoms with Crippen LogP contribution in [0.2, 0.25) is 0 Å². The molecule has 0 N–H and O–H groups in total. The van der Waals surface area contributed by atoms with E-state index in [4.69, 9.17) is 4.74 Å². The minimum absolute atomic E-state index is 0.00376. The zero-order valence-corrected chi connectivity index (χ0v) is 15.8. The molecule has 134 valence electrons. The molecule has 2 heterocycles. The van der Waals surface area contributed by atoms with Crippen molar-refractivity contribution >= 4 is 40.8 Å². The highest BCUT2D eigenvalue weighted by Gasteiger charge is 2.41. The Kier molecular flexibility index (Phi) is 4.51. The maximum atomic E-state index is 13.0. The minimum Gasteiger partial charge on any atom is -0.496 e. The Morgan fingerprint density at radius 1 is 1.19 bits per heavy atom. The molecule has 0 amide bonds. The number of hydrogen-bond donors (Lipinski definition) is 0. The lowest BCUT2D eigenvalue weighted by molar-refractivity contribution is -0.588. The van der Waals surface area contributed by atoms with Crippen LogP contribution in [0.5, 0.6) is 5.75 Å². The summed E-state index contributed by atoms with van der Waals surface area (Å²) in [7, 11) is 1.59. The molecule has 1 aliphatic rings. The fourth-order valence-corrected chi connectivity index (χ4v) is 4.99. The average molecular weight is 397 g/mol. The highest BCUT2D eigenvalue weighted by atomic mass is 32.2. The lowest BCUT2D eigenvalue weighted by Crippen LogP contribution is -2.40. The number of para-hydroxylation sites is 1. The quantitative estimate of drug-likeness (QED) is 0.282. The molecule has 27 heavy (non-hydrogen) atoms. The summed E-state index contributed by atoms with van der Waals surface area (Å²) in [6, 6.07) is 13.8. The van der Waals surface area contributed by atoms with E-state index >= 15 is 0 Å². The number of nitro groups is 1. The van der Waals surface area contributed by atoms with Gasteiger partial charge in [0.05, 0.1) is 23.0 Å². The predicted molar refractivity (Wildman–Crippen MR) is 104 cm³/mol. The van der Waals surface area contributed by atoms with Crippen molar-refractivity contribution in [2.45, 2.75) is 4.34 Å². The number of non-ortho nitro benzene ring substituents is 1. The van der Waals surface area contributed by atoms with E-state index in [1.54, 1.807) is 23.8 Å². The third-order valence-electron chi connectivity index (χ3n) is 4.08. The molecule has 0 unspecified atom stereocenters. The number of fused-ring (bicyclic) bond motifs is 1. The molecule has 2 aromatic carbocycles. The molecular weight excluding hydrogens is 384 g/mol. The van der Waals surface area contributed by atoms with E-state index < -0.39 is 4.92 Å². The van der Waals surface area contributed by atoms with Gasteiger partial charge in [0.15, 0.2) is 0 Å². The normalized spacial score (nSPS) is 14.4. The molecule has 4 rings (SSSR count). The number of nitrogens with zero attached hydrogens (tertiary/aromatic N) is 2. The third-order valence-corrected chi connectivity index (χ3v) is 6.22. The Morgan fingerprint density at radius 2 is 2.00 bits per heavy atom. The fraction of sp³-hybridized carbons (Fsp3) is 0.0526. The topological polar surface area (TPSA) is 73.3 Å². The summed E-state index contributed by atoms with van der Waals surface area (Å²) in [5, 5.41) is 12.9. The van der Waals surface area contributed by atoms with Crippen LogP contribution in [0.4, 0.5) is 5.69 Å². The monoisotopic (exact) mass is 397 g/mol. The molecule has 0 radical (unpaired) electrons. The van der Waals surface area contributed by atoms with Crippen molar-refractivity contribution in [1.82, 2.24) is 0 Å². The Hall–Kier alpha value is -2.97. The second kappa shape index (κ2) is 6.98. The molecule has 0 saturated carbocycles. The highest BCUT2D eigenvalue weighted by Crippen LogP contribution is 2.39. The van der Waals surface area contributed by atoms with Gasteiger partial charge in [0.1, 0.15) is 10.7 Å². The van der Waals surface area contributed by atoms with E-state index in [0.29, 0.717) is 21.9 Å². The number of thiazole rings is 1. The molecule has 0 bridgehead atoms. The van der Waals surface area contributed by atoms with Crippen LogP contribution in [0.15, 0.2) is 63.2 Å². The van der Waals surface area contributed by atoms with Gasteiger partial charge in [0, 0.05) is 29.5 Å². The lowest BCUT2D eigenvalue weighted by Gasteiger charge is -2.03. The van der Waals surface area contributed by atoms with Gasteiger partial charge in [-0.3, -0.25) is 10.1 Å². The smallest absolute Gasteiger partial charge is 0.433 e. The number of hydrogen-bond acceptors (Lipinski definition) is 6. The van der Waals surface area contributed by atoms with Gasteiger partial charge >= 0.3 is 10.2 Å². The maximum absolute atomic E-state index is 13.0. The van der Waals surface area contributed by atoms with E-state index in [9.17, 15) is 14.9 Å². The summed E-state index contributed by atoms with van der Waals surface area (Å²) in [5.74, 6) is 0.543. The summed E-state index contributed by atoms with van der Waals surface area (Å²) < 4.78 is 7.77. The van der Waals surface area contributed by atoms with Gasteiger partial charge in [-0.05, 0) is 18.2 Å². The first-order valence-electron chi connectivity index (χ1n) is 7.94. The number of ether oxygens (including phenoxy) is 1. The van der Waals surface area contributed by atoms with Crippen LogP contribution in [-0.4, -0.2) is 17.9 Å². The van der Waals surface area contributed by atoms with E-state index in [1.807, 2.05) is 35.7 Å². The van der Waals surface area contributed by atoms with Gasteiger partial charge in [0.2, 0.25) is 5.69 Å². The summed E-state index contributed by atoms with van der Waals surface area (Å²) in [5.41, 5.74) is 2.11. The van der Waals surface area contributed by atoms with Crippen molar-refractivity contribution in [3.63, 3.8) is 0 Å². The van der Waals surface area contributed by atoms with Gasteiger partial charge in [0.25, 0.3) is 5.69 Å². The molecule has 8 heteroatoms. The molecule has 1 aliphatic heterocycles. The second-order valence-electron chi connectivity index (χ2n) is 5.69. The second-order valence-corrected chi connectivity index (χ2v) is 7.83. The number of nitro benzene ring substituents is 1. The summed E-state index contributed by atoms with van der Waals surface area (Å²) in [6.45, 7) is 0. The number of carbonyl (C=O) groups is 1. The van der Waals surface area contributed by atoms with Crippen LogP contribution in [0, 0.1) is 10.1 Å². The van der Waals surface area contributed by atoms with Crippen LogP contribution in [-0.2, 0) is 0 Å². The molecule has 0 atom stereocenters. The number of methoxy groups -OCH3 is 1. The number of allylic oxidation sites excluding steroid dienone is 1. The van der Waals surface area contributed by atoms with Crippen LogP contribution in [0.1, 0.15) is 10.4 Å². The number of benzene rings is 2. The number of rotatable bonds is 4. The molecule has 0 aliphatic carbocycles. The first-order chi connectivity index (χ1) is 13.1. The first kappa shape index (κ1) is 17.4. The van der Waals surface area contributed by atoms with Crippen molar-refractivity contribution in [1.29, 1.82) is 0 Å². The number of thioether (sulfide) groups is 1. The number of aromatic nitrogens is 1. The molecular formula is C19H13N2O4S2+. The van der Waals surface area contributed by atoms with E-state index in [2.05, 4.69) is 0 Å². The zero-order valence-electron chi connectivity index (χ0n) is 14.1. The van der Waals surface area contributed by atoms with Gasteiger partial charge < -0.3 is 4.74 Å². The van der Waals surface area contributed by atoms with Gasteiger partial charge in [-0.1, -0.05) is 35.6 Å². The van der Waals surface area contributed by atoms with Gasteiger partial charge in [-0.15, -0.1) is 4.57 Å². The van der Waals surface area contributed by atoms with Crippen LogP contribution >= 0.6 is 23.1 Å². The van der Waals surface area contributed by atoms with Crippen LogP contribution < -0.4 is 9.30 Å². The largest absolute Gasteiger partial charge is 0.496 e. The molecule has 3 aromatic rings. The fourth-order valence-electron chi connectivity index (χ4n) is 2.81. The summed E-state index contributed by atoms with van der Waals surface area (Å²) in [4.78, 5) is 24.2. The maximum Gasteiger partial charge on any atom is 0.433 e. The zero-order chi connectivity index (χ0) is 19.0. The van der Waals surface area contributed by atoms with Crippen molar-refractivity contribution in [3.8, 4) is 17.0 Å². The summed E-state index contributed by atoms with van der Waals surface area (Å²) in [6.07, 6.45) is 1.81. The Labute approximate surface area is 162 Å². The number of carbonyl (C=O) groups excluding carboxylic acids is 1. The Balaban J connectivity index is 1.74. The summed E-state index contributed by atoms with van der Waals surface area (Å²) >= 11 is 2.83. The van der Waals surface area contributed by atoms with Crippen LogP contribution in [0.3, 0.4) is 0 Å². The molecule has 1 aromatic heterocycles. The Morgan fingerprint density at radius 3 is 2.78 bits per heavy atom. The standard InChI is InChI=1S/C19H13N2O4S2/c1-25-16-8-3-2-5-13(16)10-17-18(22)20-15(11-26-19(20)27-17)12-6-4-7-14(9-12)21(23)24/h2-11H,1H3/q+1/b17-10+. The predicted octanol–water partition coefficient (Wildman–Crippen LogP) is 4.41. The molecule has 0 saturated heterocycles.